The Balaban J connectivity index is 1.42. The Hall–Kier alpha value is -3.14. The molecule has 0 bridgehead atoms. The van der Waals surface area contributed by atoms with Gasteiger partial charge in [-0.25, -0.2) is 0 Å². The van der Waals surface area contributed by atoms with Gasteiger partial charge >= 0.3 is 0 Å². The maximum atomic E-state index is 6.51. The van der Waals surface area contributed by atoms with Gasteiger partial charge in [0.05, 0.1) is 39.6 Å². The third-order valence-electron chi connectivity index (χ3n) is 9.35. The van der Waals surface area contributed by atoms with Crippen LogP contribution in [0.2, 0.25) is 0 Å². The average Bonchev–Trinajstić information content (AvgIpc) is 3.02. The molecule has 0 aliphatic carbocycles. The first-order valence-electron chi connectivity index (χ1n) is 18.2. The van der Waals surface area contributed by atoms with Crippen LogP contribution >= 0.6 is 0 Å². The number of methoxy groups -OCH3 is 1. The molecule has 5 rings (SSSR count). The van der Waals surface area contributed by atoms with E-state index in [-0.39, 0.29) is 23.5 Å². The van der Waals surface area contributed by atoms with Gasteiger partial charge in [0.15, 0.2) is 6.79 Å². The maximum absolute atomic E-state index is 6.51. The minimum absolute atomic E-state index is 0.0398. The predicted octanol–water partition coefficient (Wildman–Crippen LogP) is 10.1. The van der Waals surface area contributed by atoms with Crippen molar-refractivity contribution >= 4 is 0 Å². The summed E-state index contributed by atoms with van der Waals surface area (Å²) >= 11 is 0. The van der Waals surface area contributed by atoms with Gasteiger partial charge in [0, 0.05) is 68.2 Å². The smallest absolute Gasteiger partial charge is 0.205 e. The molecule has 8 heteroatoms. The van der Waals surface area contributed by atoms with E-state index in [1.807, 2.05) is 27.7 Å². The highest BCUT2D eigenvalue weighted by Crippen LogP contribution is 2.41. The lowest BCUT2D eigenvalue weighted by Gasteiger charge is -2.35. The van der Waals surface area contributed by atoms with Crippen LogP contribution in [-0.4, -0.2) is 25.5 Å². The Labute approximate surface area is 306 Å². The zero-order valence-electron chi connectivity index (χ0n) is 33.3. The largest absolute Gasteiger partial charge is 0.467 e. The van der Waals surface area contributed by atoms with Gasteiger partial charge in [0.25, 0.3) is 0 Å². The van der Waals surface area contributed by atoms with Crippen molar-refractivity contribution in [2.45, 2.75) is 151 Å². The van der Waals surface area contributed by atoms with E-state index in [0.717, 1.165) is 44.9 Å². The molecule has 3 aromatic carbocycles. The fraction of sp³-hybridized carbons (Fsp3) is 0.581. The van der Waals surface area contributed by atoms with Crippen LogP contribution in [0.3, 0.4) is 0 Å². The molecule has 0 saturated carbocycles. The molecule has 8 nitrogen and oxygen atoms in total. The van der Waals surface area contributed by atoms with Crippen LogP contribution in [0.4, 0.5) is 0 Å². The van der Waals surface area contributed by atoms with Crippen LogP contribution in [0.25, 0.3) is 0 Å². The van der Waals surface area contributed by atoms with E-state index in [4.69, 9.17) is 37.9 Å². The molecular formula is C43H60O8. The summed E-state index contributed by atoms with van der Waals surface area (Å²) in [6.45, 7) is 28.0. The van der Waals surface area contributed by atoms with E-state index < -0.39 is 11.6 Å². The first-order valence-corrected chi connectivity index (χ1v) is 18.2. The Bertz CT molecular complexity index is 1570. The molecule has 3 aromatic rings. The summed E-state index contributed by atoms with van der Waals surface area (Å²) in [5, 5.41) is 0. The van der Waals surface area contributed by atoms with Crippen molar-refractivity contribution in [3.05, 3.63) is 86.5 Å². The van der Waals surface area contributed by atoms with Crippen LogP contribution in [0.15, 0.2) is 36.4 Å². The molecule has 0 atom stereocenters. The summed E-state index contributed by atoms with van der Waals surface area (Å²) in [6.07, 6.45) is 0. The molecular weight excluding hydrogens is 644 g/mol. The average molecular weight is 705 g/mol. The van der Waals surface area contributed by atoms with Crippen LogP contribution in [0.5, 0.6) is 17.2 Å². The quantitative estimate of drug-likeness (QED) is 0.173. The zero-order valence-corrected chi connectivity index (χ0v) is 33.3. The van der Waals surface area contributed by atoms with E-state index in [0.29, 0.717) is 45.4 Å². The van der Waals surface area contributed by atoms with Gasteiger partial charge in [0.2, 0.25) is 11.6 Å². The van der Waals surface area contributed by atoms with Crippen molar-refractivity contribution in [1.82, 2.24) is 0 Å². The topological polar surface area (TPSA) is 73.8 Å². The summed E-state index contributed by atoms with van der Waals surface area (Å²) < 4.78 is 49.3. The second-order valence-corrected chi connectivity index (χ2v) is 17.2. The molecule has 280 valence electrons. The van der Waals surface area contributed by atoms with Crippen LogP contribution < -0.4 is 14.2 Å². The molecule has 0 radical (unpaired) electrons. The monoisotopic (exact) mass is 704 g/mol. The van der Waals surface area contributed by atoms with E-state index in [2.05, 4.69) is 91.8 Å². The highest BCUT2D eigenvalue weighted by atomic mass is 16.7. The van der Waals surface area contributed by atoms with E-state index in [1.54, 1.807) is 7.11 Å². The molecule has 0 aromatic heterocycles. The Morgan fingerprint density at radius 2 is 1.04 bits per heavy atom. The van der Waals surface area contributed by atoms with Gasteiger partial charge in [-0.1, -0.05) is 55.4 Å². The van der Waals surface area contributed by atoms with Crippen molar-refractivity contribution in [3.63, 3.8) is 0 Å². The number of fused-ring (bicyclic) bond motifs is 2. The Morgan fingerprint density at radius 3 is 1.41 bits per heavy atom. The minimum atomic E-state index is -0.712. The lowest BCUT2D eigenvalue weighted by Crippen LogP contribution is -2.36. The van der Waals surface area contributed by atoms with Crippen molar-refractivity contribution in [2.24, 2.45) is 0 Å². The molecule has 2 heterocycles. The lowest BCUT2D eigenvalue weighted by molar-refractivity contribution is -0.181. The van der Waals surface area contributed by atoms with Gasteiger partial charge in [-0.2, -0.15) is 0 Å². The molecule has 0 spiro atoms. The van der Waals surface area contributed by atoms with Crippen molar-refractivity contribution in [2.75, 3.05) is 13.9 Å². The normalized spacial score (nSPS) is 16.7. The van der Waals surface area contributed by atoms with Crippen LogP contribution in [-0.2, 0) is 74.2 Å². The second-order valence-electron chi connectivity index (χ2n) is 17.2. The summed E-state index contributed by atoms with van der Waals surface area (Å²) in [5.74, 6) is 1.27. The lowest BCUT2D eigenvalue weighted by atomic mass is 9.84. The summed E-state index contributed by atoms with van der Waals surface area (Å²) in [4.78, 5) is 0. The molecule has 0 unspecified atom stereocenters. The molecule has 0 saturated heterocycles. The Kier molecular flexibility index (Phi) is 11.5. The van der Waals surface area contributed by atoms with Gasteiger partial charge in [-0.15, -0.1) is 0 Å². The molecule has 0 N–H and O–H groups in total. The zero-order chi connectivity index (χ0) is 37.4. The van der Waals surface area contributed by atoms with Crippen molar-refractivity contribution in [3.8, 4) is 17.2 Å². The number of hydrogen-bond donors (Lipinski definition) is 0. The van der Waals surface area contributed by atoms with Crippen LogP contribution in [0, 0.1) is 0 Å². The predicted molar refractivity (Wildman–Crippen MR) is 199 cm³/mol. The molecule has 2 aliphatic rings. The summed E-state index contributed by atoms with van der Waals surface area (Å²) in [7, 11) is 1.63. The van der Waals surface area contributed by atoms with Crippen molar-refractivity contribution in [1.29, 1.82) is 0 Å². The highest BCUT2D eigenvalue weighted by Gasteiger charge is 2.32. The van der Waals surface area contributed by atoms with E-state index in [1.165, 1.54) is 16.7 Å². The van der Waals surface area contributed by atoms with Gasteiger partial charge in [0.1, 0.15) is 17.2 Å². The molecule has 0 fully saturated rings. The van der Waals surface area contributed by atoms with E-state index in [9.17, 15) is 0 Å². The standard InChI is InChI=1S/C43H60O8/c1-27(2)28-14-29(20-45-22-31-16-35(40(3,4)5)18-33-24-48-42(9,10)50-38(31)33)37(47-26-44-13)30(15-28)21-46-23-32-17-36(41(6,7)8)19-34-25-49-43(11,12)51-39(32)34/h14-19,27H,20-26H2,1-13H3. The van der Waals surface area contributed by atoms with Crippen LogP contribution in [0.1, 0.15) is 139 Å². The summed E-state index contributed by atoms with van der Waals surface area (Å²) in [5.41, 5.74) is 9.52. The summed E-state index contributed by atoms with van der Waals surface area (Å²) in [6, 6.07) is 13.1. The number of rotatable bonds is 12. The van der Waals surface area contributed by atoms with E-state index >= 15 is 0 Å². The number of ether oxygens (including phenoxy) is 8. The molecule has 0 amide bonds. The first-order chi connectivity index (χ1) is 23.8. The SMILES string of the molecule is COCOc1c(COCc2cc(C(C)(C)C)cc3c2OC(C)(C)OC3)cc(C(C)C)cc1COCc1cc(C(C)(C)C)cc2c1OC(C)(C)OC2. The molecule has 2 aliphatic heterocycles. The fourth-order valence-electron chi connectivity index (χ4n) is 6.29. The highest BCUT2D eigenvalue weighted by molar-refractivity contribution is 5.49. The van der Waals surface area contributed by atoms with Gasteiger partial charge in [-0.05, 0) is 69.8 Å². The van der Waals surface area contributed by atoms with Crippen molar-refractivity contribution < 1.29 is 37.9 Å². The first kappa shape index (κ1) is 39.1. The second kappa shape index (κ2) is 15.1. The molecule has 51 heavy (non-hydrogen) atoms. The third-order valence-corrected chi connectivity index (χ3v) is 9.35. The number of hydrogen-bond acceptors (Lipinski definition) is 8. The van der Waals surface area contributed by atoms with Gasteiger partial charge < -0.3 is 37.9 Å². The number of benzene rings is 3. The van der Waals surface area contributed by atoms with Gasteiger partial charge in [-0.3, -0.25) is 0 Å². The third kappa shape index (κ3) is 9.65. The fourth-order valence-corrected chi connectivity index (χ4v) is 6.29. The Morgan fingerprint density at radius 1 is 0.627 bits per heavy atom. The maximum Gasteiger partial charge on any atom is 0.205 e. The minimum Gasteiger partial charge on any atom is -0.467 e.